The molecule has 3 aromatic carbocycles. The normalized spacial score (nSPS) is 10.7. The molecule has 3 rings (SSSR count). The molecule has 0 unspecified atom stereocenters. The van der Waals surface area contributed by atoms with Gasteiger partial charge >= 0.3 is 5.69 Å². The average Bonchev–Trinajstić information content (AvgIpc) is 2.77. The molecule has 0 atom stereocenters. The van der Waals surface area contributed by atoms with E-state index in [4.69, 9.17) is 4.74 Å². The molecule has 0 saturated heterocycles. The van der Waals surface area contributed by atoms with Crippen LogP contribution in [-0.2, 0) is 11.2 Å². The van der Waals surface area contributed by atoms with Crippen LogP contribution in [0, 0.1) is 34.1 Å². The molecule has 1 N–H and O–H groups in total. The maximum atomic E-state index is 12.1. The van der Waals surface area contributed by atoms with Crippen molar-refractivity contribution in [1.82, 2.24) is 5.43 Å². The Labute approximate surface area is 188 Å². The Morgan fingerprint density at radius 3 is 2.36 bits per heavy atom. The lowest BCUT2D eigenvalue weighted by Crippen LogP contribution is -2.20. The Kier molecular flexibility index (Phi) is 7.09. The fourth-order valence-corrected chi connectivity index (χ4v) is 3.03. The summed E-state index contributed by atoms with van der Waals surface area (Å²) in [4.78, 5) is 32.7. The van der Waals surface area contributed by atoms with Crippen molar-refractivity contribution >= 4 is 23.5 Å². The zero-order chi connectivity index (χ0) is 24.0. The standard InChI is InChI=1S/C23H20N4O6/c1-15-3-6-18(16(2)11-15)12-23(28)25-24-14-17-4-8-20(9-5-17)33-22-10-7-19(26(29)30)13-21(22)27(31)32/h3-11,13-14H,12H2,1-2H3,(H,25,28)/b24-14+. The second-order valence-corrected chi connectivity index (χ2v) is 7.24. The molecule has 0 aliphatic heterocycles. The third-order valence-electron chi connectivity index (χ3n) is 4.71. The largest absolute Gasteiger partial charge is 0.450 e. The number of hydrogen-bond donors (Lipinski definition) is 1. The second-order valence-electron chi connectivity index (χ2n) is 7.24. The van der Waals surface area contributed by atoms with Crippen LogP contribution < -0.4 is 10.2 Å². The van der Waals surface area contributed by atoms with Gasteiger partial charge in [0.25, 0.3) is 5.69 Å². The third-order valence-corrected chi connectivity index (χ3v) is 4.71. The van der Waals surface area contributed by atoms with Crippen molar-refractivity contribution in [2.24, 2.45) is 5.10 Å². The Hall–Kier alpha value is -4.60. The summed E-state index contributed by atoms with van der Waals surface area (Å²) >= 11 is 0. The second kappa shape index (κ2) is 10.1. The molecule has 0 radical (unpaired) electrons. The fourth-order valence-electron chi connectivity index (χ4n) is 3.03. The third kappa shape index (κ3) is 6.20. The summed E-state index contributed by atoms with van der Waals surface area (Å²) < 4.78 is 5.51. The molecule has 1 amide bonds. The van der Waals surface area contributed by atoms with Crippen molar-refractivity contribution in [2.75, 3.05) is 0 Å². The first kappa shape index (κ1) is 23.1. The molecule has 0 aromatic heterocycles. The predicted octanol–water partition coefficient (Wildman–Crippen LogP) is 4.60. The number of hydrogen-bond acceptors (Lipinski definition) is 7. The van der Waals surface area contributed by atoms with Crippen LogP contribution in [0.3, 0.4) is 0 Å². The molecule has 168 valence electrons. The van der Waals surface area contributed by atoms with Gasteiger partial charge in [-0.25, -0.2) is 5.43 Å². The number of amides is 1. The number of carbonyl (C=O) groups excluding carboxylic acids is 1. The van der Waals surface area contributed by atoms with Crippen LogP contribution in [0.4, 0.5) is 11.4 Å². The van der Waals surface area contributed by atoms with Gasteiger partial charge in [0.05, 0.1) is 28.5 Å². The first-order valence-corrected chi connectivity index (χ1v) is 9.81. The summed E-state index contributed by atoms with van der Waals surface area (Å²) in [6.07, 6.45) is 1.67. The van der Waals surface area contributed by atoms with Crippen molar-refractivity contribution < 1.29 is 19.4 Å². The Bertz CT molecular complexity index is 1240. The lowest BCUT2D eigenvalue weighted by atomic mass is 10.0. The summed E-state index contributed by atoms with van der Waals surface area (Å²) in [5.41, 5.74) is 5.32. The highest BCUT2D eigenvalue weighted by atomic mass is 16.6. The van der Waals surface area contributed by atoms with Gasteiger partial charge in [-0.3, -0.25) is 25.0 Å². The van der Waals surface area contributed by atoms with Gasteiger partial charge < -0.3 is 4.74 Å². The number of hydrazone groups is 1. The topological polar surface area (TPSA) is 137 Å². The summed E-state index contributed by atoms with van der Waals surface area (Å²) in [5.74, 6) is -0.0719. The van der Waals surface area contributed by atoms with Crippen molar-refractivity contribution in [3.05, 3.63) is 103 Å². The van der Waals surface area contributed by atoms with Crippen LogP contribution in [0.5, 0.6) is 11.5 Å². The molecule has 10 nitrogen and oxygen atoms in total. The van der Waals surface area contributed by atoms with Crippen LogP contribution in [0.1, 0.15) is 22.3 Å². The number of nitrogens with one attached hydrogen (secondary N) is 1. The van der Waals surface area contributed by atoms with Crippen molar-refractivity contribution in [2.45, 2.75) is 20.3 Å². The maximum Gasteiger partial charge on any atom is 0.318 e. The van der Waals surface area contributed by atoms with Crippen molar-refractivity contribution in [3.8, 4) is 11.5 Å². The van der Waals surface area contributed by atoms with Gasteiger partial charge in [0.15, 0.2) is 0 Å². The number of non-ortho nitro benzene ring substituents is 1. The quantitative estimate of drug-likeness (QED) is 0.304. The van der Waals surface area contributed by atoms with Crippen LogP contribution in [0.25, 0.3) is 0 Å². The number of nitro groups is 2. The first-order valence-electron chi connectivity index (χ1n) is 9.81. The van der Waals surface area contributed by atoms with E-state index in [2.05, 4.69) is 10.5 Å². The number of nitro benzene ring substituents is 2. The van der Waals surface area contributed by atoms with Crippen LogP contribution >= 0.6 is 0 Å². The molecule has 0 fully saturated rings. The van der Waals surface area contributed by atoms with Crippen molar-refractivity contribution in [3.63, 3.8) is 0 Å². The zero-order valence-electron chi connectivity index (χ0n) is 17.8. The van der Waals surface area contributed by atoms with E-state index < -0.39 is 21.2 Å². The van der Waals surface area contributed by atoms with E-state index in [0.29, 0.717) is 11.3 Å². The highest BCUT2D eigenvalue weighted by molar-refractivity contribution is 5.83. The van der Waals surface area contributed by atoms with Gasteiger partial charge in [-0.05, 0) is 60.9 Å². The van der Waals surface area contributed by atoms with Gasteiger partial charge in [0.2, 0.25) is 11.7 Å². The van der Waals surface area contributed by atoms with Gasteiger partial charge in [-0.2, -0.15) is 5.10 Å². The van der Waals surface area contributed by atoms with Gasteiger partial charge in [-0.15, -0.1) is 0 Å². The average molecular weight is 448 g/mol. The fraction of sp³-hybridized carbons (Fsp3) is 0.130. The van der Waals surface area contributed by atoms with E-state index in [1.807, 2.05) is 32.0 Å². The SMILES string of the molecule is Cc1ccc(CC(=O)N/N=C/c2ccc(Oc3ccc([N+](=O)[O-])cc3[N+](=O)[O-])cc2)c(C)c1. The first-order chi connectivity index (χ1) is 15.7. The minimum Gasteiger partial charge on any atom is -0.450 e. The highest BCUT2D eigenvalue weighted by Gasteiger charge is 2.21. The summed E-state index contributed by atoms with van der Waals surface area (Å²) in [6.45, 7) is 3.94. The van der Waals surface area contributed by atoms with E-state index in [-0.39, 0.29) is 18.1 Å². The van der Waals surface area contributed by atoms with Gasteiger partial charge in [0.1, 0.15) is 5.75 Å². The molecule has 0 spiro atoms. The smallest absolute Gasteiger partial charge is 0.318 e. The molecule has 3 aromatic rings. The van der Waals surface area contributed by atoms with Gasteiger partial charge in [0, 0.05) is 6.07 Å². The zero-order valence-corrected chi connectivity index (χ0v) is 17.8. The number of carbonyl (C=O) groups is 1. The Morgan fingerprint density at radius 2 is 1.73 bits per heavy atom. The highest BCUT2D eigenvalue weighted by Crippen LogP contribution is 2.34. The van der Waals surface area contributed by atoms with E-state index in [1.165, 1.54) is 12.3 Å². The number of nitrogens with zero attached hydrogens (tertiary/aromatic N) is 3. The maximum absolute atomic E-state index is 12.1. The predicted molar refractivity (Wildman–Crippen MR) is 122 cm³/mol. The monoisotopic (exact) mass is 448 g/mol. The minimum absolute atomic E-state index is 0.120. The van der Waals surface area contributed by atoms with Gasteiger partial charge in [-0.1, -0.05) is 23.8 Å². The molecule has 0 aliphatic carbocycles. The molecule has 0 heterocycles. The van der Waals surface area contributed by atoms with Crippen LogP contribution in [0.15, 0.2) is 65.8 Å². The molecule has 0 aliphatic rings. The molecule has 0 bridgehead atoms. The van der Waals surface area contributed by atoms with E-state index >= 15 is 0 Å². The minimum atomic E-state index is -0.746. The van der Waals surface area contributed by atoms with E-state index in [9.17, 15) is 25.0 Å². The summed E-state index contributed by atoms with van der Waals surface area (Å²) in [5, 5.41) is 26.0. The van der Waals surface area contributed by atoms with Crippen LogP contribution in [-0.4, -0.2) is 22.0 Å². The number of benzene rings is 3. The Balaban J connectivity index is 1.61. The lowest BCUT2D eigenvalue weighted by molar-refractivity contribution is -0.394. The summed E-state index contributed by atoms with van der Waals surface area (Å²) in [6, 6.07) is 15.4. The number of aryl methyl sites for hydroxylation is 2. The van der Waals surface area contributed by atoms with E-state index in [0.717, 1.165) is 28.8 Å². The molecular weight excluding hydrogens is 428 g/mol. The number of rotatable bonds is 8. The molecular formula is C23H20N4O6. The summed E-state index contributed by atoms with van der Waals surface area (Å²) in [7, 11) is 0. The Morgan fingerprint density at radius 1 is 1.00 bits per heavy atom. The molecule has 33 heavy (non-hydrogen) atoms. The molecule has 10 heteroatoms. The van der Waals surface area contributed by atoms with Crippen LogP contribution in [0.2, 0.25) is 0 Å². The number of ether oxygens (including phenoxy) is 1. The van der Waals surface area contributed by atoms with E-state index in [1.54, 1.807) is 24.3 Å². The molecule has 0 saturated carbocycles. The lowest BCUT2D eigenvalue weighted by Gasteiger charge is -2.07. The van der Waals surface area contributed by atoms with Crippen molar-refractivity contribution in [1.29, 1.82) is 0 Å².